The van der Waals surface area contributed by atoms with Gasteiger partial charge in [-0.2, -0.15) is 9.97 Å². The van der Waals surface area contributed by atoms with E-state index in [1.807, 2.05) is 0 Å². The zero-order valence-electron chi connectivity index (χ0n) is 16.0. The molecule has 164 valence electrons. The average molecular weight is 468 g/mol. The summed E-state index contributed by atoms with van der Waals surface area (Å²) in [7, 11) is 0. The van der Waals surface area contributed by atoms with Crippen LogP contribution in [0.1, 0.15) is 22.8 Å². The van der Waals surface area contributed by atoms with Crippen LogP contribution in [-0.2, 0) is 9.53 Å². The largest absolute Gasteiger partial charge is 0.387 e. The number of carbonyl (C=O) groups excluding carboxylic acids is 2. The van der Waals surface area contributed by atoms with Gasteiger partial charge >= 0.3 is 0 Å². The van der Waals surface area contributed by atoms with Gasteiger partial charge in [-0.15, -0.1) is 11.3 Å². The number of ether oxygens (including phenoxy) is 1. The van der Waals surface area contributed by atoms with Gasteiger partial charge in [0.2, 0.25) is 5.28 Å². The third-order valence-corrected chi connectivity index (χ3v) is 5.59. The molecule has 4 rings (SSSR count). The summed E-state index contributed by atoms with van der Waals surface area (Å²) < 4.78 is 6.93. The van der Waals surface area contributed by atoms with Crippen LogP contribution < -0.4 is 16.2 Å². The number of amides is 2. The summed E-state index contributed by atoms with van der Waals surface area (Å²) >= 11 is 7.30. The van der Waals surface area contributed by atoms with E-state index in [0.717, 1.165) is 0 Å². The van der Waals surface area contributed by atoms with Gasteiger partial charge in [-0.05, 0) is 30.0 Å². The van der Waals surface area contributed by atoms with Crippen LogP contribution in [0, 0.1) is 0 Å². The molecular weight excluding hydrogens is 450 g/mol. The van der Waals surface area contributed by atoms with Crippen molar-refractivity contribution in [1.29, 1.82) is 0 Å². The lowest BCUT2D eigenvalue weighted by Crippen LogP contribution is -2.42. The van der Waals surface area contributed by atoms with Crippen molar-refractivity contribution in [2.45, 2.75) is 31.5 Å². The minimum atomic E-state index is -1.45. The number of aromatic nitrogens is 4. The van der Waals surface area contributed by atoms with Crippen molar-refractivity contribution in [3.63, 3.8) is 0 Å². The van der Waals surface area contributed by atoms with Crippen LogP contribution in [0.15, 0.2) is 23.8 Å². The molecule has 4 heterocycles. The standard InChI is InChI=1S/C17H18ClN7O5S/c1-2-19-15(29)11-9(26)10(27)16(30-11)25-6-20-8-12(21-17(18)22-13(8)25)23-24-14(28)7-4-3-5-31-7/h3-6,9-11,16,26-27H,2H2,1H3,(H,19,29)(H,24,28)(H,21,22,23)/t9-,10+,11-,16+/m0/s1. The molecular formula is C17H18ClN7O5S. The van der Waals surface area contributed by atoms with E-state index < -0.39 is 30.4 Å². The van der Waals surface area contributed by atoms with Gasteiger partial charge in [-0.1, -0.05) is 6.07 Å². The maximum absolute atomic E-state index is 12.2. The smallest absolute Gasteiger partial charge is 0.279 e. The number of thiophene rings is 1. The minimum Gasteiger partial charge on any atom is -0.387 e. The highest BCUT2D eigenvalue weighted by Gasteiger charge is 2.47. The van der Waals surface area contributed by atoms with Gasteiger partial charge < -0.3 is 20.3 Å². The van der Waals surface area contributed by atoms with E-state index in [1.54, 1.807) is 24.4 Å². The second-order valence-electron chi connectivity index (χ2n) is 6.54. The SMILES string of the molecule is CCNC(=O)[C@H]1O[C@@H](n2cnc3c(NNC(=O)c4cccs4)nc(Cl)nc32)[C@H](O)[C@@H]1O. The second-order valence-corrected chi connectivity index (χ2v) is 7.83. The minimum absolute atomic E-state index is 0.118. The topological polar surface area (TPSA) is 164 Å². The van der Waals surface area contributed by atoms with E-state index in [2.05, 4.69) is 31.1 Å². The van der Waals surface area contributed by atoms with Crippen LogP contribution in [0.3, 0.4) is 0 Å². The van der Waals surface area contributed by atoms with Crippen molar-refractivity contribution in [2.75, 3.05) is 12.0 Å². The molecule has 2 amide bonds. The molecule has 1 aliphatic heterocycles. The first-order valence-corrected chi connectivity index (χ1v) is 10.5. The van der Waals surface area contributed by atoms with E-state index in [9.17, 15) is 19.8 Å². The monoisotopic (exact) mass is 467 g/mol. The summed E-state index contributed by atoms with van der Waals surface area (Å²) in [4.78, 5) is 37.1. The van der Waals surface area contributed by atoms with Crippen molar-refractivity contribution >= 4 is 51.7 Å². The summed E-state index contributed by atoms with van der Waals surface area (Å²) in [5, 5.41) is 24.9. The Hall–Kier alpha value is -2.84. The molecule has 1 saturated heterocycles. The lowest BCUT2D eigenvalue weighted by atomic mass is 10.1. The van der Waals surface area contributed by atoms with Gasteiger partial charge in [0.25, 0.3) is 11.8 Å². The highest BCUT2D eigenvalue weighted by molar-refractivity contribution is 7.12. The molecule has 12 nitrogen and oxygen atoms in total. The van der Waals surface area contributed by atoms with Crippen LogP contribution in [0.5, 0.6) is 0 Å². The lowest BCUT2D eigenvalue weighted by Gasteiger charge is -2.16. The van der Waals surface area contributed by atoms with Crippen molar-refractivity contribution in [3.05, 3.63) is 34.0 Å². The van der Waals surface area contributed by atoms with Crippen LogP contribution >= 0.6 is 22.9 Å². The number of anilines is 1. The maximum atomic E-state index is 12.2. The Kier molecular flexibility index (Phi) is 6.02. The third kappa shape index (κ3) is 4.05. The molecule has 0 saturated carbocycles. The fraction of sp³-hybridized carbons (Fsp3) is 0.353. The first-order valence-electron chi connectivity index (χ1n) is 9.20. The molecule has 31 heavy (non-hydrogen) atoms. The molecule has 0 radical (unpaired) electrons. The van der Waals surface area contributed by atoms with Crippen molar-refractivity contribution in [1.82, 2.24) is 30.3 Å². The number of aliphatic hydroxyl groups excluding tert-OH is 2. The molecule has 0 spiro atoms. The highest BCUT2D eigenvalue weighted by Crippen LogP contribution is 2.33. The highest BCUT2D eigenvalue weighted by atomic mass is 35.5. The van der Waals surface area contributed by atoms with Gasteiger partial charge in [-0.3, -0.25) is 25.0 Å². The predicted molar refractivity (Wildman–Crippen MR) is 110 cm³/mol. The normalized spacial score (nSPS) is 23.1. The van der Waals surface area contributed by atoms with Crippen LogP contribution in [0.25, 0.3) is 11.2 Å². The number of imidazole rings is 1. The quantitative estimate of drug-likeness (QED) is 0.249. The van der Waals surface area contributed by atoms with Gasteiger partial charge in [0.05, 0.1) is 11.2 Å². The van der Waals surface area contributed by atoms with E-state index in [4.69, 9.17) is 16.3 Å². The van der Waals surface area contributed by atoms with Gasteiger partial charge in [0, 0.05) is 6.54 Å². The Labute approximate surface area is 184 Å². The summed E-state index contributed by atoms with van der Waals surface area (Å²) in [6.45, 7) is 2.07. The molecule has 0 aromatic carbocycles. The molecule has 0 aliphatic carbocycles. The fourth-order valence-corrected chi connectivity index (χ4v) is 3.91. The van der Waals surface area contributed by atoms with E-state index >= 15 is 0 Å². The summed E-state index contributed by atoms with van der Waals surface area (Å²) in [6, 6.07) is 3.41. The number of likely N-dealkylation sites (N-methyl/N-ethyl adjacent to an activating group) is 1. The van der Waals surface area contributed by atoms with Crippen molar-refractivity contribution < 1.29 is 24.5 Å². The summed E-state index contributed by atoms with van der Waals surface area (Å²) in [5.41, 5.74) is 5.56. The molecule has 1 aliphatic rings. The fourth-order valence-electron chi connectivity index (χ4n) is 3.13. The first-order chi connectivity index (χ1) is 14.9. The van der Waals surface area contributed by atoms with Gasteiger partial charge in [-0.25, -0.2) is 4.98 Å². The number of hydrogen-bond acceptors (Lipinski definition) is 10. The number of nitrogens with zero attached hydrogens (tertiary/aromatic N) is 4. The van der Waals surface area contributed by atoms with Gasteiger partial charge in [0.15, 0.2) is 29.3 Å². The zero-order chi connectivity index (χ0) is 22.1. The van der Waals surface area contributed by atoms with Crippen LogP contribution in [0.2, 0.25) is 5.28 Å². The Morgan fingerprint density at radius 2 is 2.13 bits per heavy atom. The number of fused-ring (bicyclic) bond motifs is 1. The molecule has 14 heteroatoms. The number of aliphatic hydroxyl groups is 2. The Morgan fingerprint density at radius 1 is 1.32 bits per heavy atom. The second kappa shape index (κ2) is 8.72. The van der Waals surface area contributed by atoms with Gasteiger partial charge in [0.1, 0.15) is 12.2 Å². The summed E-state index contributed by atoms with van der Waals surface area (Å²) in [5.74, 6) is -0.806. The Balaban J connectivity index is 1.60. The molecule has 0 unspecified atom stereocenters. The first kappa shape index (κ1) is 21.4. The molecule has 1 fully saturated rings. The van der Waals surface area contributed by atoms with Crippen molar-refractivity contribution in [2.24, 2.45) is 0 Å². The molecule has 4 atom stereocenters. The molecule has 0 bridgehead atoms. The Bertz CT molecular complexity index is 1110. The molecule has 3 aromatic rings. The number of hydrazine groups is 1. The average Bonchev–Trinajstić information content (AvgIpc) is 3.47. The molecule has 3 aromatic heterocycles. The van der Waals surface area contributed by atoms with Crippen molar-refractivity contribution in [3.8, 4) is 0 Å². The number of hydrogen-bond donors (Lipinski definition) is 5. The summed E-state index contributed by atoms with van der Waals surface area (Å²) in [6.07, 6.45) is -3.98. The predicted octanol–water partition coefficient (Wildman–Crippen LogP) is 0.0534. The van der Waals surface area contributed by atoms with Crippen LogP contribution in [-0.4, -0.2) is 66.4 Å². The lowest BCUT2D eigenvalue weighted by molar-refractivity contribution is -0.137. The number of rotatable bonds is 6. The number of carbonyl (C=O) groups is 2. The van der Waals surface area contributed by atoms with E-state index in [0.29, 0.717) is 11.4 Å². The Morgan fingerprint density at radius 3 is 2.84 bits per heavy atom. The molecule has 5 N–H and O–H groups in total. The number of halogens is 1. The zero-order valence-corrected chi connectivity index (χ0v) is 17.6. The van der Waals surface area contributed by atoms with E-state index in [-0.39, 0.29) is 28.2 Å². The number of nitrogens with one attached hydrogen (secondary N) is 3. The maximum Gasteiger partial charge on any atom is 0.279 e. The van der Waals surface area contributed by atoms with Crippen LogP contribution in [0.4, 0.5) is 5.82 Å². The third-order valence-electron chi connectivity index (χ3n) is 4.56. The van der Waals surface area contributed by atoms with E-state index in [1.165, 1.54) is 22.2 Å².